The normalized spacial score (nSPS) is 19.3. The summed E-state index contributed by atoms with van der Waals surface area (Å²) in [6.45, 7) is 7.42. The molecule has 4 heteroatoms. The van der Waals surface area contributed by atoms with E-state index >= 15 is 0 Å². The standard InChI is InChI=1S/C17H27ClN2O/c1-13(2)10-19-11-14-6-7-15(9-17(14)18)20-8-4-3-5-16(20)12-21/h6-7,9,13,16,19,21H,3-5,8,10-12H2,1-2H3. The van der Waals surface area contributed by atoms with Gasteiger partial charge in [-0.15, -0.1) is 0 Å². The topological polar surface area (TPSA) is 35.5 Å². The first-order chi connectivity index (χ1) is 10.1. The number of aliphatic hydroxyl groups excluding tert-OH is 1. The summed E-state index contributed by atoms with van der Waals surface area (Å²) in [5.74, 6) is 0.640. The minimum atomic E-state index is 0.218. The van der Waals surface area contributed by atoms with Crippen LogP contribution in [0.3, 0.4) is 0 Å². The highest BCUT2D eigenvalue weighted by Gasteiger charge is 2.22. The summed E-state index contributed by atoms with van der Waals surface area (Å²) < 4.78 is 0. The molecule has 1 atom stereocenters. The average Bonchev–Trinajstić information content (AvgIpc) is 2.48. The third-order valence-electron chi connectivity index (χ3n) is 4.07. The van der Waals surface area contributed by atoms with Crippen LogP contribution in [0.4, 0.5) is 5.69 Å². The summed E-state index contributed by atoms with van der Waals surface area (Å²) in [6.07, 6.45) is 3.45. The van der Waals surface area contributed by atoms with Gasteiger partial charge in [0.05, 0.1) is 12.6 Å². The Bertz CT molecular complexity index is 450. The summed E-state index contributed by atoms with van der Waals surface area (Å²) >= 11 is 6.43. The number of anilines is 1. The van der Waals surface area contributed by atoms with E-state index in [9.17, 15) is 5.11 Å². The quantitative estimate of drug-likeness (QED) is 0.845. The Morgan fingerprint density at radius 2 is 2.19 bits per heavy atom. The minimum absolute atomic E-state index is 0.218. The van der Waals surface area contributed by atoms with Crippen molar-refractivity contribution >= 4 is 17.3 Å². The van der Waals surface area contributed by atoms with E-state index in [0.29, 0.717) is 5.92 Å². The molecular formula is C17H27ClN2O. The van der Waals surface area contributed by atoms with Crippen LogP contribution in [-0.4, -0.2) is 30.8 Å². The van der Waals surface area contributed by atoms with Crippen LogP contribution in [0.2, 0.25) is 5.02 Å². The number of aliphatic hydroxyl groups is 1. The van der Waals surface area contributed by atoms with Gasteiger partial charge in [0, 0.05) is 23.8 Å². The summed E-state index contributed by atoms with van der Waals surface area (Å²) in [5.41, 5.74) is 2.27. The highest BCUT2D eigenvalue weighted by Crippen LogP contribution is 2.28. The summed E-state index contributed by atoms with van der Waals surface area (Å²) in [6, 6.07) is 6.52. The highest BCUT2D eigenvalue weighted by molar-refractivity contribution is 6.31. The molecule has 0 amide bonds. The monoisotopic (exact) mass is 310 g/mol. The predicted molar refractivity (Wildman–Crippen MR) is 90.1 cm³/mol. The van der Waals surface area contributed by atoms with E-state index in [1.807, 2.05) is 6.07 Å². The smallest absolute Gasteiger partial charge is 0.0635 e. The first-order valence-corrected chi connectivity index (χ1v) is 8.36. The Labute approximate surface area is 133 Å². The first kappa shape index (κ1) is 16.6. The van der Waals surface area contributed by atoms with Crippen molar-refractivity contribution in [1.29, 1.82) is 0 Å². The van der Waals surface area contributed by atoms with Crippen LogP contribution in [0.5, 0.6) is 0 Å². The van der Waals surface area contributed by atoms with Crippen molar-refractivity contribution in [2.45, 2.75) is 45.7 Å². The summed E-state index contributed by atoms with van der Waals surface area (Å²) in [5, 5.41) is 13.8. The largest absolute Gasteiger partial charge is 0.394 e. The maximum atomic E-state index is 9.53. The summed E-state index contributed by atoms with van der Waals surface area (Å²) in [4.78, 5) is 2.29. The molecular weight excluding hydrogens is 284 g/mol. The minimum Gasteiger partial charge on any atom is -0.394 e. The number of hydrogen-bond acceptors (Lipinski definition) is 3. The Morgan fingerprint density at radius 1 is 1.38 bits per heavy atom. The lowest BCUT2D eigenvalue weighted by Gasteiger charge is -2.36. The zero-order valence-corrected chi connectivity index (χ0v) is 13.9. The third kappa shape index (κ3) is 4.60. The van der Waals surface area contributed by atoms with Gasteiger partial charge < -0.3 is 15.3 Å². The molecule has 2 rings (SSSR count). The van der Waals surface area contributed by atoms with Gasteiger partial charge in [0.25, 0.3) is 0 Å². The maximum absolute atomic E-state index is 9.53. The molecule has 1 heterocycles. The van der Waals surface area contributed by atoms with Gasteiger partial charge in [-0.05, 0) is 49.4 Å². The molecule has 1 aliphatic rings. The molecule has 0 aliphatic carbocycles. The Morgan fingerprint density at radius 3 is 2.86 bits per heavy atom. The van der Waals surface area contributed by atoms with Crippen molar-refractivity contribution in [3.63, 3.8) is 0 Å². The van der Waals surface area contributed by atoms with E-state index in [-0.39, 0.29) is 12.6 Å². The number of hydrogen-bond donors (Lipinski definition) is 2. The lowest BCUT2D eigenvalue weighted by Crippen LogP contribution is -2.41. The Hall–Kier alpha value is -0.770. The van der Waals surface area contributed by atoms with E-state index in [1.165, 1.54) is 12.8 Å². The predicted octanol–water partition coefficient (Wildman–Crippen LogP) is 3.44. The van der Waals surface area contributed by atoms with E-state index in [1.54, 1.807) is 0 Å². The van der Waals surface area contributed by atoms with Crippen LogP contribution in [0.15, 0.2) is 18.2 Å². The van der Waals surface area contributed by atoms with Gasteiger partial charge in [-0.3, -0.25) is 0 Å². The van der Waals surface area contributed by atoms with Crippen LogP contribution in [0.25, 0.3) is 0 Å². The fourth-order valence-corrected chi connectivity index (χ4v) is 3.13. The zero-order valence-electron chi connectivity index (χ0n) is 13.1. The molecule has 0 aromatic heterocycles. The molecule has 0 spiro atoms. The van der Waals surface area contributed by atoms with E-state index in [4.69, 9.17) is 11.6 Å². The lowest BCUT2D eigenvalue weighted by atomic mass is 10.0. The van der Waals surface area contributed by atoms with Crippen molar-refractivity contribution < 1.29 is 5.11 Å². The van der Waals surface area contributed by atoms with Crippen LogP contribution in [0, 0.1) is 5.92 Å². The molecule has 1 saturated heterocycles. The van der Waals surface area contributed by atoms with Gasteiger partial charge in [0.2, 0.25) is 0 Å². The third-order valence-corrected chi connectivity index (χ3v) is 4.43. The number of nitrogens with zero attached hydrogens (tertiary/aromatic N) is 1. The van der Waals surface area contributed by atoms with Crippen molar-refractivity contribution in [3.8, 4) is 0 Å². The van der Waals surface area contributed by atoms with Gasteiger partial charge in [0.15, 0.2) is 0 Å². The molecule has 0 saturated carbocycles. The molecule has 118 valence electrons. The molecule has 2 N–H and O–H groups in total. The van der Waals surface area contributed by atoms with Crippen LogP contribution in [-0.2, 0) is 6.54 Å². The fraction of sp³-hybridized carbons (Fsp3) is 0.647. The van der Waals surface area contributed by atoms with Crippen molar-refractivity contribution in [2.24, 2.45) is 5.92 Å². The molecule has 3 nitrogen and oxygen atoms in total. The molecule has 1 aromatic rings. The Kier molecular flexibility index (Phi) is 6.34. The van der Waals surface area contributed by atoms with Crippen molar-refractivity contribution in [2.75, 3.05) is 24.6 Å². The van der Waals surface area contributed by atoms with Gasteiger partial charge in [-0.1, -0.05) is 31.5 Å². The van der Waals surface area contributed by atoms with E-state index in [0.717, 1.165) is 42.3 Å². The van der Waals surface area contributed by atoms with E-state index < -0.39 is 0 Å². The molecule has 1 fully saturated rings. The van der Waals surface area contributed by atoms with Gasteiger partial charge in [0.1, 0.15) is 0 Å². The fourth-order valence-electron chi connectivity index (χ4n) is 2.88. The number of nitrogens with one attached hydrogen (secondary N) is 1. The van der Waals surface area contributed by atoms with E-state index in [2.05, 4.69) is 36.2 Å². The second-order valence-electron chi connectivity index (χ2n) is 6.33. The highest BCUT2D eigenvalue weighted by atomic mass is 35.5. The molecule has 1 aliphatic heterocycles. The number of halogens is 1. The zero-order chi connectivity index (χ0) is 15.2. The number of rotatable bonds is 6. The van der Waals surface area contributed by atoms with Gasteiger partial charge >= 0.3 is 0 Å². The SMILES string of the molecule is CC(C)CNCc1ccc(N2CCCCC2CO)cc1Cl. The number of piperidine rings is 1. The van der Waals surface area contributed by atoms with Crippen LogP contribution in [0.1, 0.15) is 38.7 Å². The van der Waals surface area contributed by atoms with Crippen molar-refractivity contribution in [3.05, 3.63) is 28.8 Å². The van der Waals surface area contributed by atoms with Crippen LogP contribution >= 0.6 is 11.6 Å². The lowest BCUT2D eigenvalue weighted by molar-refractivity contribution is 0.240. The molecule has 0 bridgehead atoms. The van der Waals surface area contributed by atoms with Crippen molar-refractivity contribution in [1.82, 2.24) is 5.32 Å². The van der Waals surface area contributed by atoms with Gasteiger partial charge in [-0.25, -0.2) is 0 Å². The first-order valence-electron chi connectivity index (χ1n) is 7.98. The second kappa shape index (κ2) is 8.02. The molecule has 0 radical (unpaired) electrons. The molecule has 21 heavy (non-hydrogen) atoms. The maximum Gasteiger partial charge on any atom is 0.0635 e. The Balaban J connectivity index is 2.03. The average molecular weight is 311 g/mol. The molecule has 1 unspecified atom stereocenters. The molecule has 1 aromatic carbocycles. The van der Waals surface area contributed by atoms with Crippen LogP contribution < -0.4 is 10.2 Å². The van der Waals surface area contributed by atoms with Gasteiger partial charge in [-0.2, -0.15) is 0 Å². The number of benzene rings is 1. The second-order valence-corrected chi connectivity index (χ2v) is 6.73. The summed E-state index contributed by atoms with van der Waals surface area (Å²) in [7, 11) is 0.